The van der Waals surface area contributed by atoms with Crippen LogP contribution in [0, 0.1) is 11.3 Å². The molecule has 2 rings (SSSR count). The Kier molecular flexibility index (Phi) is 6.36. The number of rotatable bonds is 5. The number of benzene rings is 2. The van der Waals surface area contributed by atoms with Gasteiger partial charge in [-0.05, 0) is 40.8 Å². The zero-order chi connectivity index (χ0) is 20.0. The molecule has 0 heterocycles. The number of nitrogens with zero attached hydrogens (tertiary/aromatic N) is 1. The quantitative estimate of drug-likeness (QED) is 0.825. The molecule has 2 aromatic carbocycles. The fraction of sp³-hybridized carbons (Fsp3) is 0.318. The molecule has 5 heteroatoms. The molecule has 1 N–H and O–H groups in total. The van der Waals surface area contributed by atoms with Crippen molar-refractivity contribution in [3.8, 4) is 6.07 Å². The number of methoxy groups -OCH3 is 1. The molecule has 140 valence electrons. The number of amides is 1. The molecule has 1 atom stereocenters. The Labute approximate surface area is 160 Å². The number of ether oxygens (including phenoxy) is 1. The lowest BCUT2D eigenvalue weighted by molar-refractivity contribution is -0.142. The molecule has 0 fully saturated rings. The lowest BCUT2D eigenvalue weighted by Crippen LogP contribution is -2.43. The van der Waals surface area contributed by atoms with Gasteiger partial charge < -0.3 is 10.1 Å². The molecular weight excluding hydrogens is 340 g/mol. The minimum Gasteiger partial charge on any atom is -0.467 e. The molecule has 0 spiro atoms. The second-order valence-corrected chi connectivity index (χ2v) is 7.39. The standard InChI is InChI=1S/C22H24N2O3/c1-22(2,3)18-11-9-17(10-12-18)20(25)24-19(21(26)27-4)13-15-5-7-16(14-23)8-6-15/h5-12,19H,13H2,1-4H3,(H,24,25)/t19-/m1/s1. The fourth-order valence-electron chi connectivity index (χ4n) is 2.65. The van der Waals surface area contributed by atoms with Crippen LogP contribution in [0.25, 0.3) is 0 Å². The molecule has 0 radical (unpaired) electrons. The molecular formula is C22H24N2O3. The molecule has 0 aliphatic heterocycles. The van der Waals surface area contributed by atoms with E-state index in [9.17, 15) is 9.59 Å². The van der Waals surface area contributed by atoms with Crippen LogP contribution in [-0.4, -0.2) is 25.0 Å². The number of esters is 1. The van der Waals surface area contributed by atoms with Crippen molar-refractivity contribution < 1.29 is 14.3 Å². The molecule has 5 nitrogen and oxygen atoms in total. The largest absolute Gasteiger partial charge is 0.467 e. The Hall–Kier alpha value is -3.13. The van der Waals surface area contributed by atoms with Crippen molar-refractivity contribution in [2.24, 2.45) is 0 Å². The van der Waals surface area contributed by atoms with Crippen molar-refractivity contribution in [2.45, 2.75) is 38.6 Å². The van der Waals surface area contributed by atoms with E-state index in [1.807, 2.05) is 18.2 Å². The molecule has 0 saturated carbocycles. The molecule has 0 saturated heterocycles. The van der Waals surface area contributed by atoms with E-state index in [-0.39, 0.29) is 17.7 Å². The van der Waals surface area contributed by atoms with Crippen molar-refractivity contribution in [3.63, 3.8) is 0 Å². The highest BCUT2D eigenvalue weighted by Gasteiger charge is 2.23. The Balaban J connectivity index is 2.14. The smallest absolute Gasteiger partial charge is 0.328 e. The normalized spacial score (nSPS) is 12.0. The lowest BCUT2D eigenvalue weighted by atomic mass is 9.86. The summed E-state index contributed by atoms with van der Waals surface area (Å²) >= 11 is 0. The highest BCUT2D eigenvalue weighted by atomic mass is 16.5. The SMILES string of the molecule is COC(=O)[C@@H](Cc1ccc(C#N)cc1)NC(=O)c1ccc(C(C)(C)C)cc1. The minimum absolute atomic E-state index is 0.000846. The molecule has 0 bridgehead atoms. The number of nitrogens with one attached hydrogen (secondary N) is 1. The zero-order valence-electron chi connectivity index (χ0n) is 16.1. The summed E-state index contributed by atoms with van der Waals surface area (Å²) in [5.74, 6) is -0.849. The van der Waals surface area contributed by atoms with Crippen LogP contribution in [0.2, 0.25) is 0 Å². The first-order valence-corrected chi connectivity index (χ1v) is 8.73. The van der Waals surface area contributed by atoms with Crippen molar-refractivity contribution in [1.29, 1.82) is 5.26 Å². The summed E-state index contributed by atoms with van der Waals surface area (Å²) in [5, 5.41) is 11.6. The maximum absolute atomic E-state index is 12.6. The lowest BCUT2D eigenvalue weighted by Gasteiger charge is -2.20. The van der Waals surface area contributed by atoms with Gasteiger partial charge in [-0.3, -0.25) is 4.79 Å². The van der Waals surface area contributed by atoms with Gasteiger partial charge in [-0.1, -0.05) is 45.0 Å². The maximum Gasteiger partial charge on any atom is 0.328 e. The van der Waals surface area contributed by atoms with Crippen molar-refractivity contribution >= 4 is 11.9 Å². The van der Waals surface area contributed by atoms with E-state index in [1.54, 1.807) is 36.4 Å². The summed E-state index contributed by atoms with van der Waals surface area (Å²) in [4.78, 5) is 24.7. The van der Waals surface area contributed by atoms with Crippen LogP contribution >= 0.6 is 0 Å². The average Bonchev–Trinajstić information content (AvgIpc) is 2.66. The summed E-state index contributed by atoms with van der Waals surface area (Å²) < 4.78 is 4.82. The van der Waals surface area contributed by atoms with Gasteiger partial charge in [-0.2, -0.15) is 5.26 Å². The molecule has 0 aromatic heterocycles. The third-order valence-electron chi connectivity index (χ3n) is 4.33. The monoisotopic (exact) mass is 364 g/mol. The molecule has 0 unspecified atom stereocenters. The van der Waals surface area contributed by atoms with Gasteiger partial charge in [0.1, 0.15) is 6.04 Å². The number of hydrogen-bond donors (Lipinski definition) is 1. The molecule has 0 aliphatic rings. The van der Waals surface area contributed by atoms with Gasteiger partial charge in [-0.15, -0.1) is 0 Å². The molecule has 0 aliphatic carbocycles. The Morgan fingerprint density at radius 3 is 2.15 bits per heavy atom. The first-order valence-electron chi connectivity index (χ1n) is 8.73. The van der Waals surface area contributed by atoms with E-state index in [4.69, 9.17) is 10.00 Å². The van der Waals surface area contributed by atoms with Gasteiger partial charge in [0.15, 0.2) is 0 Å². The van der Waals surface area contributed by atoms with E-state index < -0.39 is 12.0 Å². The van der Waals surface area contributed by atoms with Gasteiger partial charge in [0.25, 0.3) is 5.91 Å². The highest BCUT2D eigenvalue weighted by molar-refractivity contribution is 5.96. The van der Waals surface area contributed by atoms with Crippen molar-refractivity contribution in [3.05, 3.63) is 70.8 Å². The average molecular weight is 364 g/mol. The van der Waals surface area contributed by atoms with Gasteiger partial charge >= 0.3 is 5.97 Å². The van der Waals surface area contributed by atoms with Crippen molar-refractivity contribution in [2.75, 3.05) is 7.11 Å². The Bertz CT molecular complexity index is 841. The third kappa shape index (κ3) is 5.42. The summed E-state index contributed by atoms with van der Waals surface area (Å²) in [6, 6.07) is 15.5. The maximum atomic E-state index is 12.6. The number of carbonyl (C=O) groups is 2. The van der Waals surface area contributed by atoms with E-state index in [1.165, 1.54) is 7.11 Å². The van der Waals surface area contributed by atoms with E-state index >= 15 is 0 Å². The van der Waals surface area contributed by atoms with Crippen LogP contribution in [0.5, 0.6) is 0 Å². The van der Waals surface area contributed by atoms with Crippen LogP contribution in [0.1, 0.15) is 47.8 Å². The fourth-order valence-corrected chi connectivity index (χ4v) is 2.65. The topological polar surface area (TPSA) is 79.2 Å². The summed E-state index contributed by atoms with van der Waals surface area (Å²) in [6.45, 7) is 6.31. The molecule has 1 amide bonds. The van der Waals surface area contributed by atoms with Gasteiger partial charge in [0.05, 0.1) is 18.7 Å². The van der Waals surface area contributed by atoms with Crippen LogP contribution < -0.4 is 5.32 Å². The van der Waals surface area contributed by atoms with E-state index in [0.29, 0.717) is 11.1 Å². The van der Waals surface area contributed by atoms with Crippen molar-refractivity contribution in [1.82, 2.24) is 5.32 Å². The number of nitriles is 1. The number of hydrogen-bond acceptors (Lipinski definition) is 4. The van der Waals surface area contributed by atoms with Gasteiger partial charge in [0, 0.05) is 12.0 Å². The second kappa shape index (κ2) is 8.50. The number of carbonyl (C=O) groups excluding carboxylic acids is 2. The van der Waals surface area contributed by atoms with E-state index in [2.05, 4.69) is 26.1 Å². The predicted octanol–water partition coefficient (Wildman–Crippen LogP) is 3.37. The summed E-state index contributed by atoms with van der Waals surface area (Å²) in [7, 11) is 1.29. The van der Waals surface area contributed by atoms with Gasteiger partial charge in [0.2, 0.25) is 0 Å². The third-order valence-corrected chi connectivity index (χ3v) is 4.33. The second-order valence-electron chi connectivity index (χ2n) is 7.39. The van der Waals surface area contributed by atoms with Crippen LogP contribution in [-0.2, 0) is 21.4 Å². The van der Waals surface area contributed by atoms with Crippen LogP contribution in [0.3, 0.4) is 0 Å². The summed E-state index contributed by atoms with van der Waals surface area (Å²) in [6.07, 6.45) is 0.282. The Morgan fingerprint density at radius 2 is 1.67 bits per heavy atom. The molecule has 2 aromatic rings. The first-order chi connectivity index (χ1) is 12.7. The molecule has 27 heavy (non-hydrogen) atoms. The first kappa shape index (κ1) is 20.2. The zero-order valence-corrected chi connectivity index (χ0v) is 16.1. The van der Waals surface area contributed by atoms with Gasteiger partial charge in [-0.25, -0.2) is 4.79 Å². The minimum atomic E-state index is -0.808. The van der Waals surface area contributed by atoms with E-state index in [0.717, 1.165) is 11.1 Å². The van der Waals surface area contributed by atoms with Crippen LogP contribution in [0.4, 0.5) is 0 Å². The highest BCUT2D eigenvalue weighted by Crippen LogP contribution is 2.22. The van der Waals surface area contributed by atoms with Crippen LogP contribution in [0.15, 0.2) is 48.5 Å². The summed E-state index contributed by atoms with van der Waals surface area (Å²) in [5.41, 5.74) is 2.97. The predicted molar refractivity (Wildman–Crippen MR) is 103 cm³/mol. The Morgan fingerprint density at radius 1 is 1.07 bits per heavy atom.